The third-order valence-corrected chi connectivity index (χ3v) is 1.43. The first kappa shape index (κ1) is 10.6. The Balaban J connectivity index is 2.58. The number of hydrogen-bond donors (Lipinski definition) is 2. The third kappa shape index (κ3) is 3.50. The highest BCUT2D eigenvalue weighted by Gasteiger charge is 1.99. The smallest absolute Gasteiger partial charge is 0.298 e. The van der Waals surface area contributed by atoms with Crippen LogP contribution in [-0.4, -0.2) is 22.3 Å². The minimum absolute atomic E-state index is 0.0386. The van der Waals surface area contributed by atoms with Crippen LogP contribution in [0.15, 0.2) is 24.3 Å². The molecule has 1 rings (SSSR count). The van der Waals surface area contributed by atoms with Crippen molar-refractivity contribution in [1.82, 2.24) is 5.39 Å². The van der Waals surface area contributed by atoms with Crippen LogP contribution in [0.5, 0.6) is 5.75 Å². The molecule has 2 N–H and O–H groups in total. The number of hydrogen-bond acceptors (Lipinski definition) is 6. The van der Waals surface area contributed by atoms with E-state index >= 15 is 0 Å². The van der Waals surface area contributed by atoms with Gasteiger partial charge in [-0.3, -0.25) is 15.2 Å². The van der Waals surface area contributed by atoms with E-state index in [0.29, 0.717) is 17.8 Å². The van der Waals surface area contributed by atoms with Crippen molar-refractivity contribution in [1.29, 1.82) is 0 Å². The van der Waals surface area contributed by atoms with Crippen molar-refractivity contribution in [2.45, 2.75) is 6.61 Å². The molecule has 0 spiro atoms. The Morgan fingerprint density at radius 3 is 2.86 bits per heavy atom. The zero-order valence-electron chi connectivity index (χ0n) is 7.16. The van der Waals surface area contributed by atoms with E-state index in [4.69, 9.17) is 10.4 Å². The summed E-state index contributed by atoms with van der Waals surface area (Å²) >= 11 is 0. The van der Waals surface area contributed by atoms with E-state index in [1.807, 2.05) is 0 Å². The minimum Gasteiger partial charge on any atom is -0.429 e. The number of rotatable bonds is 5. The fourth-order valence-corrected chi connectivity index (χ4v) is 0.896. The second-order valence-electron chi connectivity index (χ2n) is 2.39. The van der Waals surface area contributed by atoms with Gasteiger partial charge >= 0.3 is 0 Å². The lowest BCUT2D eigenvalue weighted by atomic mass is 10.2. The first-order chi connectivity index (χ1) is 6.72. The van der Waals surface area contributed by atoms with E-state index in [1.165, 1.54) is 6.07 Å². The van der Waals surface area contributed by atoms with E-state index in [0.717, 1.165) is 0 Å². The second kappa shape index (κ2) is 5.30. The maximum absolute atomic E-state index is 10.0. The fraction of sp³-hybridized carbons (Fsp3) is 0.125. The summed E-state index contributed by atoms with van der Waals surface area (Å²) in [5, 5.41) is 16.1. The van der Waals surface area contributed by atoms with E-state index < -0.39 is 0 Å². The number of carbonyl (C=O) groups excluding carboxylic acids is 1. The Labute approximate surface area is 79.8 Å². The molecular weight excluding hydrogens is 190 g/mol. The van der Waals surface area contributed by atoms with Crippen molar-refractivity contribution < 1.29 is 24.8 Å². The first-order valence-electron chi connectivity index (χ1n) is 3.72. The quantitative estimate of drug-likeness (QED) is 0.537. The molecule has 0 amide bonds. The van der Waals surface area contributed by atoms with Crippen LogP contribution in [0.4, 0.5) is 0 Å². The zero-order chi connectivity index (χ0) is 10.4. The van der Waals surface area contributed by atoms with E-state index in [1.54, 1.807) is 18.2 Å². The SMILES string of the molecule is O=COc1cccc(CON(O)O)c1. The van der Waals surface area contributed by atoms with Gasteiger partial charge in [-0.15, -0.1) is 0 Å². The Morgan fingerprint density at radius 2 is 2.21 bits per heavy atom. The molecule has 0 aromatic heterocycles. The van der Waals surface area contributed by atoms with Crippen LogP contribution in [0.3, 0.4) is 0 Å². The van der Waals surface area contributed by atoms with Crippen LogP contribution in [-0.2, 0) is 16.2 Å². The standard InChI is InChI=1S/C8H9NO5/c10-6-13-8-3-1-2-7(4-8)5-14-9(11)12/h1-4,6,11-12H,5H2. The Bertz CT molecular complexity index is 302. The Morgan fingerprint density at radius 1 is 1.43 bits per heavy atom. The molecule has 0 aliphatic carbocycles. The average molecular weight is 199 g/mol. The van der Waals surface area contributed by atoms with Gasteiger partial charge in [0.05, 0.1) is 12.0 Å². The molecule has 0 heterocycles. The molecule has 0 saturated heterocycles. The predicted octanol–water partition coefficient (Wildman–Crippen LogP) is 0.734. The van der Waals surface area contributed by atoms with Crippen LogP contribution in [0, 0.1) is 0 Å². The largest absolute Gasteiger partial charge is 0.429 e. The summed E-state index contributed by atoms with van der Waals surface area (Å²) in [7, 11) is 0. The molecule has 0 saturated carbocycles. The molecule has 0 unspecified atom stereocenters. The van der Waals surface area contributed by atoms with Crippen molar-refractivity contribution in [3.63, 3.8) is 0 Å². The second-order valence-corrected chi connectivity index (χ2v) is 2.39. The summed E-state index contributed by atoms with van der Waals surface area (Å²) in [4.78, 5) is 14.4. The van der Waals surface area contributed by atoms with Gasteiger partial charge in [0.1, 0.15) is 5.75 Å². The molecule has 0 atom stereocenters. The van der Waals surface area contributed by atoms with E-state index in [2.05, 4.69) is 9.57 Å². The molecule has 0 fully saturated rings. The van der Waals surface area contributed by atoms with Gasteiger partial charge in [0.25, 0.3) is 6.47 Å². The van der Waals surface area contributed by atoms with Crippen LogP contribution in [0.25, 0.3) is 0 Å². The monoisotopic (exact) mass is 199 g/mol. The maximum atomic E-state index is 10.0. The van der Waals surface area contributed by atoms with Crippen molar-refractivity contribution in [2.75, 3.05) is 0 Å². The molecule has 6 heteroatoms. The maximum Gasteiger partial charge on any atom is 0.298 e. The Hall–Kier alpha value is -1.47. The number of benzene rings is 1. The Kier molecular flexibility index (Phi) is 4.02. The predicted molar refractivity (Wildman–Crippen MR) is 43.3 cm³/mol. The lowest BCUT2D eigenvalue weighted by Crippen LogP contribution is -2.13. The molecule has 0 aliphatic rings. The number of carbonyl (C=O) groups is 1. The van der Waals surface area contributed by atoms with E-state index in [-0.39, 0.29) is 12.0 Å². The lowest BCUT2D eigenvalue weighted by Gasteiger charge is -2.06. The van der Waals surface area contributed by atoms with Crippen LogP contribution in [0.1, 0.15) is 5.56 Å². The molecule has 0 aliphatic heterocycles. The van der Waals surface area contributed by atoms with Crippen molar-refractivity contribution in [3.8, 4) is 5.75 Å². The summed E-state index contributed by atoms with van der Waals surface area (Å²) in [6.45, 7) is 0.271. The third-order valence-electron chi connectivity index (χ3n) is 1.43. The van der Waals surface area contributed by atoms with Crippen LogP contribution in [0.2, 0.25) is 0 Å². The van der Waals surface area contributed by atoms with Gasteiger partial charge in [-0.1, -0.05) is 12.1 Å². The van der Waals surface area contributed by atoms with Gasteiger partial charge in [0.2, 0.25) is 0 Å². The summed E-state index contributed by atoms with van der Waals surface area (Å²) in [5.41, 5.74) is 0.637. The zero-order valence-corrected chi connectivity index (χ0v) is 7.16. The van der Waals surface area contributed by atoms with Crippen molar-refractivity contribution in [3.05, 3.63) is 29.8 Å². The van der Waals surface area contributed by atoms with Gasteiger partial charge in [0.15, 0.2) is 0 Å². The van der Waals surface area contributed by atoms with Crippen LogP contribution >= 0.6 is 0 Å². The lowest BCUT2D eigenvalue weighted by molar-refractivity contribution is -0.497. The van der Waals surface area contributed by atoms with Gasteiger partial charge in [0, 0.05) is 0 Å². The van der Waals surface area contributed by atoms with Gasteiger partial charge < -0.3 is 4.74 Å². The summed E-state index contributed by atoms with van der Waals surface area (Å²) in [6.07, 6.45) is 0. The van der Waals surface area contributed by atoms with Crippen molar-refractivity contribution >= 4 is 6.47 Å². The fourth-order valence-electron chi connectivity index (χ4n) is 0.896. The molecule has 6 nitrogen and oxygen atoms in total. The molecule has 14 heavy (non-hydrogen) atoms. The molecule has 76 valence electrons. The molecule has 1 aromatic carbocycles. The van der Waals surface area contributed by atoms with Gasteiger partial charge in [-0.25, -0.2) is 4.84 Å². The first-order valence-corrected chi connectivity index (χ1v) is 3.72. The normalized spacial score (nSPS) is 10.2. The topological polar surface area (TPSA) is 79.2 Å². The molecule has 0 radical (unpaired) electrons. The van der Waals surface area contributed by atoms with E-state index in [9.17, 15) is 4.79 Å². The highest BCUT2D eigenvalue weighted by atomic mass is 17.1. The summed E-state index contributed by atoms with van der Waals surface area (Å²) < 4.78 is 4.58. The average Bonchev–Trinajstić information content (AvgIpc) is 2.16. The number of nitrogens with zero attached hydrogens (tertiary/aromatic N) is 1. The van der Waals surface area contributed by atoms with Crippen LogP contribution < -0.4 is 4.74 Å². The summed E-state index contributed by atoms with van der Waals surface area (Å²) in [6, 6.07) is 6.46. The highest BCUT2D eigenvalue weighted by molar-refractivity contribution is 5.45. The molecule has 0 bridgehead atoms. The molecular formula is C8H9NO5. The highest BCUT2D eigenvalue weighted by Crippen LogP contribution is 2.13. The number of ether oxygens (including phenoxy) is 1. The van der Waals surface area contributed by atoms with Gasteiger partial charge in [-0.2, -0.15) is 0 Å². The minimum atomic E-state index is -0.382. The summed E-state index contributed by atoms with van der Waals surface area (Å²) in [5.74, 6) is 0.364. The van der Waals surface area contributed by atoms with Crippen molar-refractivity contribution in [2.24, 2.45) is 0 Å². The molecule has 1 aromatic rings. The van der Waals surface area contributed by atoms with Gasteiger partial charge in [-0.05, 0) is 17.7 Å².